The maximum Gasteiger partial charge on any atom is 0.260 e. The third-order valence-corrected chi connectivity index (χ3v) is 6.66. The third kappa shape index (κ3) is 3.59. The SMILES string of the molecule is CC[NH+]1CCc2c(sc(NC(=O)c3cc4ccccc4cc3OC)c2C(N)=O)C1. The molecule has 1 unspecified atom stereocenters. The van der Waals surface area contributed by atoms with Crippen LogP contribution in [0.5, 0.6) is 5.75 Å². The van der Waals surface area contributed by atoms with E-state index in [2.05, 4.69) is 12.2 Å². The van der Waals surface area contributed by atoms with Crippen molar-refractivity contribution in [2.75, 3.05) is 25.5 Å². The van der Waals surface area contributed by atoms with Crippen molar-refractivity contribution in [1.29, 1.82) is 0 Å². The summed E-state index contributed by atoms with van der Waals surface area (Å²) in [7, 11) is 1.54. The van der Waals surface area contributed by atoms with Crippen molar-refractivity contribution in [3.8, 4) is 5.75 Å². The quantitative estimate of drug-likeness (QED) is 0.603. The smallest absolute Gasteiger partial charge is 0.260 e. The van der Waals surface area contributed by atoms with E-state index in [9.17, 15) is 9.59 Å². The molecular weight excluding hydrogens is 386 g/mol. The Bertz CT molecular complexity index is 1110. The maximum atomic E-state index is 13.1. The summed E-state index contributed by atoms with van der Waals surface area (Å²) in [6.45, 7) is 5.00. The first-order valence-corrected chi connectivity index (χ1v) is 10.5. The van der Waals surface area contributed by atoms with Crippen molar-refractivity contribution in [2.24, 2.45) is 5.73 Å². The molecule has 29 heavy (non-hydrogen) atoms. The fraction of sp³-hybridized carbons (Fsp3) is 0.273. The number of fused-ring (bicyclic) bond motifs is 2. The number of benzene rings is 2. The second kappa shape index (κ2) is 7.85. The number of rotatable bonds is 5. The van der Waals surface area contributed by atoms with Crippen LogP contribution in [0.3, 0.4) is 0 Å². The van der Waals surface area contributed by atoms with E-state index < -0.39 is 5.91 Å². The van der Waals surface area contributed by atoms with Gasteiger partial charge in [-0.25, -0.2) is 0 Å². The molecule has 0 bridgehead atoms. The molecule has 1 aliphatic rings. The molecule has 3 aromatic rings. The van der Waals surface area contributed by atoms with Crippen molar-refractivity contribution in [2.45, 2.75) is 19.9 Å². The highest BCUT2D eigenvalue weighted by Crippen LogP contribution is 2.35. The number of carbonyl (C=O) groups excluding carboxylic acids is 2. The second-order valence-electron chi connectivity index (χ2n) is 7.21. The summed E-state index contributed by atoms with van der Waals surface area (Å²) in [6.07, 6.45) is 0.794. The maximum absolute atomic E-state index is 13.1. The minimum Gasteiger partial charge on any atom is -0.496 e. The van der Waals surface area contributed by atoms with Crippen LogP contribution in [0.4, 0.5) is 5.00 Å². The number of methoxy groups -OCH3 is 1. The van der Waals surface area contributed by atoms with E-state index in [1.807, 2.05) is 36.4 Å². The fourth-order valence-electron chi connectivity index (χ4n) is 3.92. The Kier molecular flexibility index (Phi) is 5.25. The monoisotopic (exact) mass is 410 g/mol. The van der Waals surface area contributed by atoms with Crippen molar-refractivity contribution >= 4 is 38.9 Å². The Morgan fingerprint density at radius 3 is 2.62 bits per heavy atom. The lowest BCUT2D eigenvalue weighted by molar-refractivity contribution is -0.913. The predicted octanol–water partition coefficient (Wildman–Crippen LogP) is 2.22. The number of nitrogens with two attached hydrogens (primary N) is 1. The molecule has 0 fully saturated rings. The number of thiophene rings is 1. The Hall–Kier alpha value is -2.90. The summed E-state index contributed by atoms with van der Waals surface area (Å²) in [6, 6.07) is 11.5. The number of ether oxygens (including phenoxy) is 1. The summed E-state index contributed by atoms with van der Waals surface area (Å²) in [5.41, 5.74) is 7.54. The summed E-state index contributed by atoms with van der Waals surface area (Å²) < 4.78 is 5.45. The van der Waals surface area contributed by atoms with Crippen LogP contribution in [-0.2, 0) is 13.0 Å². The molecule has 4 rings (SSSR count). The van der Waals surface area contributed by atoms with Crippen LogP contribution in [0.1, 0.15) is 38.1 Å². The Balaban J connectivity index is 1.71. The number of quaternary nitrogens is 1. The molecule has 2 amide bonds. The van der Waals surface area contributed by atoms with E-state index in [4.69, 9.17) is 10.5 Å². The molecular formula is C22H24N3O3S+. The molecule has 1 atom stereocenters. The minimum atomic E-state index is -0.497. The van der Waals surface area contributed by atoms with Gasteiger partial charge in [-0.2, -0.15) is 0 Å². The van der Waals surface area contributed by atoms with Gasteiger partial charge in [0.05, 0.1) is 36.2 Å². The number of nitrogens with one attached hydrogen (secondary N) is 2. The Morgan fingerprint density at radius 2 is 1.97 bits per heavy atom. The molecule has 0 saturated carbocycles. The molecule has 0 saturated heterocycles. The lowest BCUT2D eigenvalue weighted by Crippen LogP contribution is -3.11. The lowest BCUT2D eigenvalue weighted by atomic mass is 10.0. The van der Waals surface area contributed by atoms with Gasteiger partial charge in [0.25, 0.3) is 11.8 Å². The molecule has 0 aliphatic carbocycles. The van der Waals surface area contributed by atoms with Crippen molar-refractivity contribution in [1.82, 2.24) is 0 Å². The van der Waals surface area contributed by atoms with Crippen molar-refractivity contribution in [3.05, 3.63) is 58.0 Å². The lowest BCUT2D eigenvalue weighted by Gasteiger charge is -2.22. The molecule has 150 valence electrons. The molecule has 7 heteroatoms. The van der Waals surface area contributed by atoms with Gasteiger partial charge in [-0.1, -0.05) is 24.3 Å². The van der Waals surface area contributed by atoms with E-state index in [0.717, 1.165) is 47.3 Å². The molecule has 0 spiro atoms. The zero-order valence-electron chi connectivity index (χ0n) is 16.5. The first-order valence-electron chi connectivity index (χ1n) is 9.67. The van der Waals surface area contributed by atoms with Crippen LogP contribution in [0, 0.1) is 0 Å². The van der Waals surface area contributed by atoms with Crippen LogP contribution in [-0.4, -0.2) is 32.0 Å². The number of hydrogen-bond donors (Lipinski definition) is 3. The number of anilines is 1. The Labute approximate surface area is 173 Å². The largest absolute Gasteiger partial charge is 0.496 e. The van der Waals surface area contributed by atoms with Crippen LogP contribution in [0.25, 0.3) is 10.8 Å². The normalized spacial score (nSPS) is 15.7. The number of hydrogen-bond acceptors (Lipinski definition) is 4. The van der Waals surface area contributed by atoms with Gasteiger partial charge in [0.1, 0.15) is 17.3 Å². The molecule has 4 N–H and O–H groups in total. The topological polar surface area (TPSA) is 85.9 Å². The van der Waals surface area contributed by atoms with Crippen molar-refractivity contribution < 1.29 is 19.2 Å². The summed E-state index contributed by atoms with van der Waals surface area (Å²) in [5, 5.41) is 5.39. The van der Waals surface area contributed by atoms with E-state index in [-0.39, 0.29) is 5.91 Å². The highest BCUT2D eigenvalue weighted by Gasteiger charge is 2.29. The molecule has 2 heterocycles. The van der Waals surface area contributed by atoms with Crippen molar-refractivity contribution in [3.63, 3.8) is 0 Å². The van der Waals surface area contributed by atoms with E-state index in [1.165, 1.54) is 16.2 Å². The predicted molar refractivity (Wildman–Crippen MR) is 115 cm³/mol. The number of amides is 2. The minimum absolute atomic E-state index is 0.312. The average Bonchev–Trinajstić information content (AvgIpc) is 3.09. The van der Waals surface area contributed by atoms with Gasteiger partial charge >= 0.3 is 0 Å². The fourth-order valence-corrected chi connectivity index (χ4v) is 5.24. The van der Waals surface area contributed by atoms with E-state index in [0.29, 0.717) is 21.9 Å². The summed E-state index contributed by atoms with van der Waals surface area (Å²) >= 11 is 1.46. The van der Waals surface area contributed by atoms with Gasteiger partial charge in [0.2, 0.25) is 0 Å². The van der Waals surface area contributed by atoms with Gasteiger partial charge < -0.3 is 20.7 Å². The zero-order valence-corrected chi connectivity index (χ0v) is 17.3. The summed E-state index contributed by atoms with van der Waals surface area (Å²) in [4.78, 5) is 27.9. The van der Waals surface area contributed by atoms with E-state index >= 15 is 0 Å². The molecule has 6 nitrogen and oxygen atoms in total. The van der Waals surface area contributed by atoms with Crippen LogP contribution in [0.15, 0.2) is 36.4 Å². The highest BCUT2D eigenvalue weighted by molar-refractivity contribution is 7.17. The standard InChI is InChI=1S/C22H23N3O3S/c1-3-25-9-8-15-18(12-25)29-22(19(15)20(23)26)24-21(27)16-10-13-6-4-5-7-14(13)11-17(16)28-2/h4-7,10-11H,3,8-9,12H2,1-2H3,(H2,23,26)(H,24,27)/p+1. The summed E-state index contributed by atoms with van der Waals surface area (Å²) in [5.74, 6) is -0.318. The number of primary amides is 1. The zero-order chi connectivity index (χ0) is 20.5. The van der Waals surface area contributed by atoms with Crippen LogP contribution < -0.4 is 20.7 Å². The van der Waals surface area contributed by atoms with E-state index in [1.54, 1.807) is 7.11 Å². The molecule has 2 aromatic carbocycles. The first kappa shape index (κ1) is 19.4. The number of likely N-dealkylation sites (N-methyl/N-ethyl adjacent to an activating group) is 1. The van der Waals surface area contributed by atoms with Gasteiger partial charge in [0, 0.05) is 6.42 Å². The Morgan fingerprint density at radius 1 is 1.24 bits per heavy atom. The van der Waals surface area contributed by atoms with Crippen LogP contribution in [0.2, 0.25) is 0 Å². The average molecular weight is 411 g/mol. The second-order valence-corrected chi connectivity index (χ2v) is 8.31. The first-order chi connectivity index (χ1) is 14.0. The van der Waals surface area contributed by atoms with Gasteiger partial charge in [-0.3, -0.25) is 9.59 Å². The van der Waals surface area contributed by atoms with Gasteiger partial charge in [-0.15, -0.1) is 11.3 Å². The molecule has 0 radical (unpaired) electrons. The molecule has 1 aromatic heterocycles. The van der Waals surface area contributed by atoms with Gasteiger partial charge in [-0.05, 0) is 35.4 Å². The highest BCUT2D eigenvalue weighted by atomic mass is 32.1. The third-order valence-electron chi connectivity index (χ3n) is 5.52. The molecule has 1 aliphatic heterocycles. The number of carbonyl (C=O) groups is 2. The van der Waals surface area contributed by atoms with Crippen LogP contribution >= 0.6 is 11.3 Å². The van der Waals surface area contributed by atoms with Gasteiger partial charge in [0.15, 0.2) is 0 Å².